The molecule has 0 atom stereocenters. The molecule has 8 heteroatoms. The lowest BCUT2D eigenvalue weighted by Gasteiger charge is -2.34. The molecule has 0 aromatic heterocycles. The van der Waals surface area contributed by atoms with Gasteiger partial charge in [0.05, 0.1) is 4.92 Å². The van der Waals surface area contributed by atoms with Crippen molar-refractivity contribution in [2.24, 2.45) is 0 Å². The van der Waals surface area contributed by atoms with Gasteiger partial charge in [0, 0.05) is 37.8 Å². The van der Waals surface area contributed by atoms with Crippen LogP contribution in [0.15, 0.2) is 48.5 Å². The zero-order valence-electron chi connectivity index (χ0n) is 13.8. The van der Waals surface area contributed by atoms with Gasteiger partial charge in [-0.3, -0.25) is 19.7 Å². The van der Waals surface area contributed by atoms with Gasteiger partial charge in [0.1, 0.15) is 11.4 Å². The summed E-state index contributed by atoms with van der Waals surface area (Å²) in [7, 11) is 0. The number of benzene rings is 2. The molecule has 0 N–H and O–H groups in total. The zero-order chi connectivity index (χ0) is 18.7. The van der Waals surface area contributed by atoms with Crippen molar-refractivity contribution in [2.75, 3.05) is 26.2 Å². The molecule has 1 fully saturated rings. The van der Waals surface area contributed by atoms with Crippen LogP contribution in [-0.4, -0.2) is 52.7 Å². The maximum atomic E-state index is 13.3. The molecule has 134 valence electrons. The Morgan fingerprint density at radius 1 is 0.923 bits per heavy atom. The van der Waals surface area contributed by atoms with Crippen molar-refractivity contribution < 1.29 is 18.9 Å². The van der Waals surface area contributed by atoms with Crippen LogP contribution in [0.2, 0.25) is 0 Å². The molecule has 2 amide bonds. The highest BCUT2D eigenvalue weighted by atomic mass is 19.1. The summed E-state index contributed by atoms with van der Waals surface area (Å²) < 4.78 is 13.3. The number of carbonyl (C=O) groups is 2. The number of nitro benzene ring substituents is 1. The summed E-state index contributed by atoms with van der Waals surface area (Å²) in [6, 6.07) is 11.2. The highest BCUT2D eigenvalue weighted by molar-refractivity contribution is 5.98. The summed E-state index contributed by atoms with van der Waals surface area (Å²) in [5.74, 6) is -1.22. The maximum Gasteiger partial charge on any atom is 0.282 e. The van der Waals surface area contributed by atoms with Gasteiger partial charge in [-0.15, -0.1) is 0 Å². The molecule has 1 aliphatic rings. The highest BCUT2D eigenvalue weighted by Gasteiger charge is 2.29. The minimum absolute atomic E-state index is 0.0300. The van der Waals surface area contributed by atoms with Gasteiger partial charge in [-0.2, -0.15) is 0 Å². The number of hydrogen-bond acceptors (Lipinski definition) is 4. The van der Waals surface area contributed by atoms with E-state index in [4.69, 9.17) is 0 Å². The number of amides is 2. The summed E-state index contributed by atoms with van der Waals surface area (Å²) in [5.41, 5.74) is 0.0432. The molecule has 0 aliphatic carbocycles. The van der Waals surface area contributed by atoms with Crippen molar-refractivity contribution in [1.29, 1.82) is 0 Å². The maximum absolute atomic E-state index is 13.3. The predicted molar refractivity (Wildman–Crippen MR) is 91.3 cm³/mol. The topological polar surface area (TPSA) is 83.8 Å². The first kappa shape index (κ1) is 17.5. The van der Waals surface area contributed by atoms with Crippen molar-refractivity contribution in [3.63, 3.8) is 0 Å². The third kappa shape index (κ3) is 3.53. The molecule has 1 saturated heterocycles. The normalized spacial score (nSPS) is 14.2. The molecule has 7 nitrogen and oxygen atoms in total. The monoisotopic (exact) mass is 357 g/mol. The summed E-state index contributed by atoms with van der Waals surface area (Å²) in [5, 5.41) is 11.1. The average molecular weight is 357 g/mol. The van der Waals surface area contributed by atoms with E-state index >= 15 is 0 Å². The minimum atomic E-state index is -0.586. The van der Waals surface area contributed by atoms with Gasteiger partial charge in [0.2, 0.25) is 0 Å². The Labute approximate surface area is 148 Å². The SMILES string of the molecule is O=C(c1cccc(F)c1)N1CCN(C(=O)c2ccccc2[N+](=O)[O-])CC1. The molecule has 0 unspecified atom stereocenters. The van der Waals surface area contributed by atoms with E-state index < -0.39 is 16.6 Å². The van der Waals surface area contributed by atoms with E-state index in [-0.39, 0.29) is 48.9 Å². The van der Waals surface area contributed by atoms with Gasteiger partial charge in [-0.1, -0.05) is 18.2 Å². The molecule has 0 saturated carbocycles. The van der Waals surface area contributed by atoms with Crippen LogP contribution in [0.4, 0.5) is 10.1 Å². The lowest BCUT2D eigenvalue weighted by Crippen LogP contribution is -2.50. The number of carbonyl (C=O) groups excluding carboxylic acids is 2. The largest absolute Gasteiger partial charge is 0.335 e. The van der Waals surface area contributed by atoms with E-state index in [2.05, 4.69) is 0 Å². The lowest BCUT2D eigenvalue weighted by atomic mass is 10.1. The second kappa shape index (κ2) is 7.30. The summed E-state index contributed by atoms with van der Waals surface area (Å²) >= 11 is 0. The van der Waals surface area contributed by atoms with E-state index in [1.807, 2.05) is 0 Å². The number of nitrogens with zero attached hydrogens (tertiary/aromatic N) is 3. The number of halogens is 1. The van der Waals surface area contributed by atoms with Gasteiger partial charge in [0.15, 0.2) is 0 Å². The molecule has 1 aliphatic heterocycles. The van der Waals surface area contributed by atoms with Crippen molar-refractivity contribution >= 4 is 17.5 Å². The van der Waals surface area contributed by atoms with Crippen LogP contribution in [0.25, 0.3) is 0 Å². The number of hydrogen-bond donors (Lipinski definition) is 0. The molecule has 0 radical (unpaired) electrons. The van der Waals surface area contributed by atoms with Crippen molar-refractivity contribution in [3.05, 3.63) is 75.6 Å². The lowest BCUT2D eigenvalue weighted by molar-refractivity contribution is -0.385. The van der Waals surface area contributed by atoms with Crippen LogP contribution in [0.1, 0.15) is 20.7 Å². The molecule has 1 heterocycles. The minimum Gasteiger partial charge on any atom is -0.335 e. The van der Waals surface area contributed by atoms with E-state index in [1.165, 1.54) is 52.3 Å². The van der Waals surface area contributed by atoms with Crippen LogP contribution < -0.4 is 0 Å². The predicted octanol–water partition coefficient (Wildman–Crippen LogP) is 2.33. The van der Waals surface area contributed by atoms with E-state index in [1.54, 1.807) is 6.07 Å². The Kier molecular flexibility index (Phi) is 4.92. The van der Waals surface area contributed by atoms with Gasteiger partial charge in [-0.05, 0) is 24.3 Å². The highest BCUT2D eigenvalue weighted by Crippen LogP contribution is 2.20. The fourth-order valence-electron chi connectivity index (χ4n) is 2.90. The van der Waals surface area contributed by atoms with Crippen LogP contribution in [-0.2, 0) is 0 Å². The second-order valence-electron chi connectivity index (χ2n) is 5.87. The summed E-state index contributed by atoms with van der Waals surface area (Å²) in [4.78, 5) is 38.5. The molecule has 3 rings (SSSR count). The van der Waals surface area contributed by atoms with E-state index in [0.29, 0.717) is 0 Å². The second-order valence-corrected chi connectivity index (χ2v) is 5.87. The Morgan fingerprint density at radius 2 is 1.54 bits per heavy atom. The fraction of sp³-hybridized carbons (Fsp3) is 0.222. The quantitative estimate of drug-likeness (QED) is 0.623. The fourth-order valence-corrected chi connectivity index (χ4v) is 2.90. The molecule has 0 bridgehead atoms. The number of piperazine rings is 1. The molecule has 2 aromatic rings. The van der Waals surface area contributed by atoms with Crippen LogP contribution in [0.5, 0.6) is 0 Å². The average Bonchev–Trinajstić information content (AvgIpc) is 2.67. The third-order valence-electron chi connectivity index (χ3n) is 4.26. The molecule has 2 aromatic carbocycles. The number of para-hydroxylation sites is 1. The zero-order valence-corrected chi connectivity index (χ0v) is 13.8. The van der Waals surface area contributed by atoms with Crippen LogP contribution in [0, 0.1) is 15.9 Å². The molecular weight excluding hydrogens is 341 g/mol. The van der Waals surface area contributed by atoms with Crippen molar-refractivity contribution in [2.45, 2.75) is 0 Å². The van der Waals surface area contributed by atoms with E-state index in [0.717, 1.165) is 0 Å². The Hall–Kier alpha value is -3.29. The van der Waals surface area contributed by atoms with Gasteiger partial charge < -0.3 is 9.80 Å². The van der Waals surface area contributed by atoms with Crippen LogP contribution in [0.3, 0.4) is 0 Å². The first-order valence-electron chi connectivity index (χ1n) is 8.05. The summed E-state index contributed by atoms with van der Waals surface area (Å²) in [6.45, 7) is 1.07. The summed E-state index contributed by atoms with van der Waals surface area (Å²) in [6.07, 6.45) is 0. The van der Waals surface area contributed by atoms with Gasteiger partial charge >= 0.3 is 0 Å². The molecular formula is C18H16FN3O4. The smallest absolute Gasteiger partial charge is 0.282 e. The van der Waals surface area contributed by atoms with Gasteiger partial charge in [0.25, 0.3) is 17.5 Å². The molecule has 26 heavy (non-hydrogen) atoms. The first-order chi connectivity index (χ1) is 12.5. The first-order valence-corrected chi connectivity index (χ1v) is 8.05. The van der Waals surface area contributed by atoms with Crippen LogP contribution >= 0.6 is 0 Å². The van der Waals surface area contributed by atoms with E-state index in [9.17, 15) is 24.1 Å². The Morgan fingerprint density at radius 3 is 2.15 bits per heavy atom. The van der Waals surface area contributed by atoms with Crippen molar-refractivity contribution in [1.82, 2.24) is 9.80 Å². The third-order valence-corrected chi connectivity index (χ3v) is 4.26. The number of nitro groups is 1. The van der Waals surface area contributed by atoms with Crippen molar-refractivity contribution in [3.8, 4) is 0 Å². The van der Waals surface area contributed by atoms with Gasteiger partial charge in [-0.25, -0.2) is 4.39 Å². The number of rotatable bonds is 3. The standard InChI is InChI=1S/C18H16FN3O4/c19-14-5-3-4-13(12-14)17(23)20-8-10-21(11-9-20)18(24)15-6-1-2-7-16(15)22(25)26/h1-7,12H,8-11H2. The Balaban J connectivity index is 1.68. The molecule has 0 spiro atoms. The Bertz CT molecular complexity index is 863.